The van der Waals surface area contributed by atoms with Crippen molar-refractivity contribution < 1.29 is 9.53 Å². The Hall–Kier alpha value is -2.37. The van der Waals surface area contributed by atoms with Crippen molar-refractivity contribution in [2.45, 2.75) is 38.8 Å². The average molecular weight is 286 g/mol. The number of fused-ring (bicyclic) bond motifs is 1. The van der Waals surface area contributed by atoms with Gasteiger partial charge in [-0.25, -0.2) is 0 Å². The van der Waals surface area contributed by atoms with Crippen LogP contribution in [0.4, 0.5) is 0 Å². The highest BCUT2D eigenvalue weighted by atomic mass is 16.5. The highest BCUT2D eigenvalue weighted by Crippen LogP contribution is 2.39. The molecule has 1 aromatic heterocycles. The zero-order chi connectivity index (χ0) is 15.0. The van der Waals surface area contributed by atoms with Gasteiger partial charge in [-0.1, -0.05) is 18.2 Å². The van der Waals surface area contributed by atoms with Crippen molar-refractivity contribution in [3.63, 3.8) is 0 Å². The van der Waals surface area contributed by atoms with Crippen molar-refractivity contribution in [3.05, 3.63) is 41.2 Å². The smallest absolute Gasteiger partial charge is 0.274 e. The molecule has 0 spiro atoms. The largest absolute Gasteiger partial charge is 0.487 e. The maximum atomic E-state index is 12.3. The molecule has 3 rings (SSSR count). The number of rotatable bonds is 2. The fourth-order valence-corrected chi connectivity index (χ4v) is 2.66. The molecule has 21 heavy (non-hydrogen) atoms. The number of hydrogen-bond donors (Lipinski definition) is 2. The molecule has 1 aliphatic rings. The summed E-state index contributed by atoms with van der Waals surface area (Å²) in [5, 5.41) is 13.3. The van der Waals surface area contributed by atoms with Crippen LogP contribution in [-0.2, 0) is 0 Å². The summed E-state index contributed by atoms with van der Waals surface area (Å²) in [6, 6.07) is 7.68. The van der Waals surface area contributed by atoms with Crippen LogP contribution in [0.2, 0.25) is 0 Å². The number of hydrogen-bond acceptors (Lipinski definition) is 4. The highest BCUT2D eigenvalue weighted by molar-refractivity contribution is 5.93. The molecule has 0 radical (unpaired) electrons. The number of para-hydroxylation sites is 1. The maximum absolute atomic E-state index is 12.3. The maximum Gasteiger partial charge on any atom is 0.274 e. The molecule has 0 saturated carbocycles. The lowest BCUT2D eigenvalue weighted by Crippen LogP contribution is -2.41. The van der Waals surface area contributed by atoms with Gasteiger partial charge in [-0.2, -0.15) is 15.4 Å². The lowest BCUT2D eigenvalue weighted by Gasteiger charge is -2.37. The summed E-state index contributed by atoms with van der Waals surface area (Å²) < 4.78 is 5.96. The normalized spacial score (nSPS) is 19.5. The summed E-state index contributed by atoms with van der Waals surface area (Å²) >= 11 is 0. The monoisotopic (exact) mass is 286 g/mol. The van der Waals surface area contributed by atoms with Crippen molar-refractivity contribution in [2.75, 3.05) is 0 Å². The van der Waals surface area contributed by atoms with E-state index in [1.807, 2.05) is 38.1 Å². The van der Waals surface area contributed by atoms with Crippen LogP contribution in [0.3, 0.4) is 0 Å². The number of benzene rings is 1. The van der Waals surface area contributed by atoms with Crippen molar-refractivity contribution >= 4 is 5.91 Å². The van der Waals surface area contributed by atoms with E-state index in [2.05, 4.69) is 20.7 Å². The Morgan fingerprint density at radius 2 is 2.14 bits per heavy atom. The van der Waals surface area contributed by atoms with Gasteiger partial charge in [0.15, 0.2) is 5.69 Å². The van der Waals surface area contributed by atoms with Gasteiger partial charge in [0, 0.05) is 12.0 Å². The first-order valence-corrected chi connectivity index (χ1v) is 6.92. The molecule has 1 aliphatic heterocycles. The van der Waals surface area contributed by atoms with Gasteiger partial charge >= 0.3 is 0 Å². The number of aromatic nitrogens is 3. The Labute approximate surface area is 122 Å². The lowest BCUT2D eigenvalue weighted by molar-refractivity contribution is 0.0618. The SMILES string of the molecule is Cc1n[nH]nc1C(=O)N[C@@H]1CC(C)(C)Oc2ccccc21. The molecule has 2 aromatic rings. The average Bonchev–Trinajstić information content (AvgIpc) is 2.83. The van der Waals surface area contributed by atoms with Crippen molar-refractivity contribution in [2.24, 2.45) is 0 Å². The Morgan fingerprint density at radius 1 is 1.38 bits per heavy atom. The van der Waals surface area contributed by atoms with Gasteiger partial charge in [-0.05, 0) is 26.8 Å². The fraction of sp³-hybridized carbons (Fsp3) is 0.400. The van der Waals surface area contributed by atoms with E-state index in [-0.39, 0.29) is 17.6 Å². The van der Waals surface area contributed by atoms with Crippen LogP contribution in [0.5, 0.6) is 5.75 Å². The molecule has 0 fully saturated rings. The number of ether oxygens (including phenoxy) is 1. The number of nitrogens with one attached hydrogen (secondary N) is 2. The van der Waals surface area contributed by atoms with E-state index in [0.717, 1.165) is 11.3 Å². The number of amides is 1. The van der Waals surface area contributed by atoms with Crippen LogP contribution in [0, 0.1) is 6.92 Å². The number of carbonyl (C=O) groups is 1. The third-order valence-electron chi connectivity index (χ3n) is 3.62. The van der Waals surface area contributed by atoms with Gasteiger partial charge in [0.25, 0.3) is 5.91 Å². The molecular formula is C15H18N4O2. The first-order valence-electron chi connectivity index (χ1n) is 6.92. The zero-order valence-corrected chi connectivity index (χ0v) is 12.3. The first kappa shape index (κ1) is 13.6. The summed E-state index contributed by atoms with van der Waals surface area (Å²) in [5.41, 5.74) is 1.58. The van der Waals surface area contributed by atoms with Crippen molar-refractivity contribution in [3.8, 4) is 5.75 Å². The van der Waals surface area contributed by atoms with Crippen LogP contribution >= 0.6 is 0 Å². The second-order valence-corrected chi connectivity index (χ2v) is 5.89. The summed E-state index contributed by atoms with van der Waals surface area (Å²) in [7, 11) is 0. The number of nitrogens with zero attached hydrogens (tertiary/aromatic N) is 2. The molecule has 0 unspecified atom stereocenters. The molecule has 0 saturated heterocycles. The molecule has 6 nitrogen and oxygen atoms in total. The molecule has 1 amide bonds. The second-order valence-electron chi connectivity index (χ2n) is 5.89. The van der Waals surface area contributed by atoms with E-state index < -0.39 is 0 Å². The zero-order valence-electron chi connectivity index (χ0n) is 12.3. The minimum atomic E-state index is -0.328. The summed E-state index contributed by atoms with van der Waals surface area (Å²) in [5.74, 6) is 0.592. The fourth-order valence-electron chi connectivity index (χ4n) is 2.66. The van der Waals surface area contributed by atoms with Crippen molar-refractivity contribution in [1.29, 1.82) is 0 Å². The molecular weight excluding hydrogens is 268 g/mol. The van der Waals surface area contributed by atoms with Crippen LogP contribution < -0.4 is 10.1 Å². The summed E-state index contributed by atoms with van der Waals surface area (Å²) in [6.45, 7) is 5.78. The van der Waals surface area contributed by atoms with E-state index in [0.29, 0.717) is 17.8 Å². The van der Waals surface area contributed by atoms with Crippen LogP contribution in [-0.4, -0.2) is 26.9 Å². The van der Waals surface area contributed by atoms with E-state index >= 15 is 0 Å². The Kier molecular flexibility index (Phi) is 3.16. The molecule has 2 heterocycles. The molecule has 0 aliphatic carbocycles. The standard InChI is InChI=1S/C15H18N4O2/c1-9-13(18-19-17-9)14(20)16-11-8-15(2,3)21-12-7-5-4-6-10(11)12/h4-7,11H,8H2,1-3H3,(H,16,20)(H,17,18,19)/t11-/m1/s1. The molecule has 1 aromatic carbocycles. The van der Waals surface area contributed by atoms with E-state index in [4.69, 9.17) is 4.74 Å². The molecule has 6 heteroatoms. The van der Waals surface area contributed by atoms with Gasteiger partial charge in [0.05, 0.1) is 11.7 Å². The van der Waals surface area contributed by atoms with Crippen LogP contribution in [0.15, 0.2) is 24.3 Å². The Bertz CT molecular complexity index is 678. The number of aryl methyl sites for hydroxylation is 1. The minimum absolute atomic E-state index is 0.103. The van der Waals surface area contributed by atoms with Gasteiger partial charge in [0.1, 0.15) is 11.4 Å². The lowest BCUT2D eigenvalue weighted by atomic mass is 9.89. The van der Waals surface area contributed by atoms with Crippen LogP contribution in [0.1, 0.15) is 48.1 Å². The second kappa shape index (κ2) is 4.87. The van der Waals surface area contributed by atoms with Crippen molar-refractivity contribution in [1.82, 2.24) is 20.7 Å². The van der Waals surface area contributed by atoms with Crippen LogP contribution in [0.25, 0.3) is 0 Å². The van der Waals surface area contributed by atoms with E-state index in [1.54, 1.807) is 6.92 Å². The molecule has 110 valence electrons. The Morgan fingerprint density at radius 3 is 2.86 bits per heavy atom. The molecule has 2 N–H and O–H groups in total. The van der Waals surface area contributed by atoms with Gasteiger partial charge in [0.2, 0.25) is 0 Å². The quantitative estimate of drug-likeness (QED) is 0.886. The molecule has 1 atom stereocenters. The summed E-state index contributed by atoms with van der Waals surface area (Å²) in [6.07, 6.45) is 0.701. The third kappa shape index (κ3) is 2.61. The predicted octanol–water partition coefficient (Wildman–Crippen LogP) is 2.15. The first-order chi connectivity index (χ1) is 9.96. The summed E-state index contributed by atoms with van der Waals surface area (Å²) in [4.78, 5) is 12.3. The minimum Gasteiger partial charge on any atom is -0.487 e. The highest BCUT2D eigenvalue weighted by Gasteiger charge is 2.34. The number of aromatic amines is 1. The van der Waals surface area contributed by atoms with E-state index in [1.165, 1.54) is 0 Å². The van der Waals surface area contributed by atoms with Gasteiger partial charge in [-0.15, -0.1) is 0 Å². The number of H-pyrrole nitrogens is 1. The third-order valence-corrected chi connectivity index (χ3v) is 3.62. The van der Waals surface area contributed by atoms with E-state index in [9.17, 15) is 4.79 Å². The molecule has 0 bridgehead atoms. The Balaban J connectivity index is 1.88. The van der Waals surface area contributed by atoms with Gasteiger partial charge < -0.3 is 10.1 Å². The predicted molar refractivity (Wildman–Crippen MR) is 77.1 cm³/mol. The number of carbonyl (C=O) groups excluding carboxylic acids is 1. The van der Waals surface area contributed by atoms with Gasteiger partial charge in [-0.3, -0.25) is 4.79 Å². The topological polar surface area (TPSA) is 79.9 Å².